The molecule has 1 aromatic carbocycles. The predicted octanol–water partition coefficient (Wildman–Crippen LogP) is 1.98. The third-order valence-corrected chi connectivity index (χ3v) is 3.20. The predicted molar refractivity (Wildman–Crippen MR) is 75.1 cm³/mol. The first kappa shape index (κ1) is 14.8. The van der Waals surface area contributed by atoms with E-state index in [2.05, 4.69) is 10.6 Å². The Labute approximate surface area is 118 Å². The zero-order valence-corrected chi connectivity index (χ0v) is 11.7. The fraction of sp³-hybridized carbons (Fsp3) is 0.533. The Hall–Kier alpha value is -1.62. The molecule has 0 atom stereocenters. The van der Waals surface area contributed by atoms with Gasteiger partial charge in [-0.1, -0.05) is 0 Å². The summed E-state index contributed by atoms with van der Waals surface area (Å²) in [5, 5.41) is 5.89. The summed E-state index contributed by atoms with van der Waals surface area (Å²) >= 11 is 0. The average Bonchev–Trinajstić information content (AvgIpc) is 3.24. The van der Waals surface area contributed by atoms with Crippen LogP contribution in [0.5, 0.6) is 5.75 Å². The quantitative estimate of drug-likeness (QED) is 0.716. The third kappa shape index (κ3) is 5.17. The number of halogens is 1. The normalized spacial score (nSPS) is 14.1. The zero-order valence-electron chi connectivity index (χ0n) is 11.7. The van der Waals surface area contributed by atoms with E-state index in [0.29, 0.717) is 37.8 Å². The molecule has 0 unspecified atom stereocenters. The second-order valence-electron chi connectivity index (χ2n) is 5.08. The van der Waals surface area contributed by atoms with Crippen molar-refractivity contribution in [3.05, 3.63) is 29.6 Å². The van der Waals surface area contributed by atoms with Gasteiger partial charge in [-0.05, 0) is 37.0 Å². The van der Waals surface area contributed by atoms with Gasteiger partial charge in [0.1, 0.15) is 11.6 Å². The van der Waals surface area contributed by atoms with Crippen LogP contribution in [0, 0.1) is 5.82 Å². The molecule has 0 spiro atoms. The van der Waals surface area contributed by atoms with Gasteiger partial charge in [-0.25, -0.2) is 4.39 Å². The van der Waals surface area contributed by atoms with E-state index in [-0.39, 0.29) is 11.7 Å². The van der Waals surface area contributed by atoms with Crippen molar-refractivity contribution in [3.8, 4) is 5.75 Å². The van der Waals surface area contributed by atoms with Crippen LogP contribution < -0.4 is 15.4 Å². The minimum absolute atomic E-state index is 0.0119. The van der Waals surface area contributed by atoms with E-state index in [0.717, 1.165) is 5.56 Å². The van der Waals surface area contributed by atoms with Crippen LogP contribution in [0.2, 0.25) is 0 Å². The van der Waals surface area contributed by atoms with Gasteiger partial charge < -0.3 is 15.4 Å². The van der Waals surface area contributed by atoms with E-state index in [9.17, 15) is 9.18 Å². The minimum atomic E-state index is -0.290. The molecular weight excluding hydrogens is 259 g/mol. The van der Waals surface area contributed by atoms with E-state index in [1.807, 2.05) is 6.07 Å². The van der Waals surface area contributed by atoms with Gasteiger partial charge in [-0.2, -0.15) is 0 Å². The maximum absolute atomic E-state index is 13.5. The number of rotatable bonds is 8. The SMILES string of the molecule is CNC(=O)CCCOc1cc(F)cc(CNC2CC2)c1. The molecule has 110 valence electrons. The summed E-state index contributed by atoms with van der Waals surface area (Å²) in [4.78, 5) is 11.1. The number of hydrogen-bond donors (Lipinski definition) is 2. The Bertz CT molecular complexity index is 461. The van der Waals surface area contributed by atoms with E-state index in [1.165, 1.54) is 25.0 Å². The lowest BCUT2D eigenvalue weighted by molar-refractivity contribution is -0.120. The summed E-state index contributed by atoms with van der Waals surface area (Å²) in [6.07, 6.45) is 3.45. The second-order valence-corrected chi connectivity index (χ2v) is 5.08. The van der Waals surface area contributed by atoms with Crippen molar-refractivity contribution < 1.29 is 13.9 Å². The van der Waals surface area contributed by atoms with Crippen LogP contribution in [0.15, 0.2) is 18.2 Å². The number of carbonyl (C=O) groups is 1. The molecule has 1 aromatic rings. The summed E-state index contributed by atoms with van der Waals surface area (Å²) in [7, 11) is 1.61. The minimum Gasteiger partial charge on any atom is -0.493 e. The highest BCUT2D eigenvalue weighted by Gasteiger charge is 2.20. The van der Waals surface area contributed by atoms with Gasteiger partial charge in [0.2, 0.25) is 5.91 Å². The van der Waals surface area contributed by atoms with E-state index in [4.69, 9.17) is 4.74 Å². The fourth-order valence-corrected chi connectivity index (χ4v) is 1.90. The van der Waals surface area contributed by atoms with Gasteiger partial charge in [0.15, 0.2) is 0 Å². The molecular formula is C15H21FN2O2. The lowest BCUT2D eigenvalue weighted by atomic mass is 10.2. The van der Waals surface area contributed by atoms with Crippen LogP contribution in [0.25, 0.3) is 0 Å². The number of amides is 1. The van der Waals surface area contributed by atoms with Gasteiger partial charge in [-0.3, -0.25) is 4.79 Å². The molecule has 2 rings (SSSR count). The smallest absolute Gasteiger partial charge is 0.219 e. The maximum atomic E-state index is 13.5. The number of carbonyl (C=O) groups excluding carboxylic acids is 1. The Kier molecular flexibility index (Phi) is 5.35. The number of ether oxygens (including phenoxy) is 1. The molecule has 1 aliphatic carbocycles. The molecule has 1 amide bonds. The van der Waals surface area contributed by atoms with Gasteiger partial charge in [0.25, 0.3) is 0 Å². The largest absolute Gasteiger partial charge is 0.493 e. The standard InChI is InChI=1S/C15H21FN2O2/c1-17-15(19)3-2-6-20-14-8-11(7-12(16)9-14)10-18-13-4-5-13/h7-9,13,18H,2-6,10H2,1H3,(H,17,19). The van der Waals surface area contributed by atoms with Crippen LogP contribution >= 0.6 is 0 Å². The van der Waals surface area contributed by atoms with Crippen LogP contribution in [0.4, 0.5) is 4.39 Å². The first-order chi connectivity index (χ1) is 9.67. The third-order valence-electron chi connectivity index (χ3n) is 3.20. The lowest BCUT2D eigenvalue weighted by Crippen LogP contribution is -2.18. The molecule has 0 aromatic heterocycles. The molecule has 0 saturated heterocycles. The van der Waals surface area contributed by atoms with Crippen LogP contribution in [0.3, 0.4) is 0 Å². The Morgan fingerprint density at radius 3 is 2.90 bits per heavy atom. The van der Waals surface area contributed by atoms with E-state index < -0.39 is 0 Å². The average molecular weight is 280 g/mol. The Balaban J connectivity index is 1.78. The van der Waals surface area contributed by atoms with Crippen molar-refractivity contribution in [3.63, 3.8) is 0 Å². The molecule has 0 aliphatic heterocycles. The molecule has 5 heteroatoms. The van der Waals surface area contributed by atoms with Gasteiger partial charge in [-0.15, -0.1) is 0 Å². The molecule has 1 saturated carbocycles. The monoisotopic (exact) mass is 280 g/mol. The highest BCUT2D eigenvalue weighted by Crippen LogP contribution is 2.21. The summed E-state index contributed by atoms with van der Waals surface area (Å²) in [6, 6.07) is 5.33. The molecule has 20 heavy (non-hydrogen) atoms. The molecule has 4 nitrogen and oxygen atoms in total. The fourth-order valence-electron chi connectivity index (χ4n) is 1.90. The van der Waals surface area contributed by atoms with E-state index in [1.54, 1.807) is 7.05 Å². The van der Waals surface area contributed by atoms with Gasteiger partial charge in [0, 0.05) is 32.1 Å². The molecule has 0 bridgehead atoms. The zero-order chi connectivity index (χ0) is 14.4. The first-order valence-corrected chi connectivity index (χ1v) is 7.03. The molecule has 1 aliphatic rings. The Morgan fingerprint density at radius 1 is 1.40 bits per heavy atom. The molecule has 2 N–H and O–H groups in total. The second kappa shape index (κ2) is 7.24. The molecule has 1 fully saturated rings. The van der Waals surface area contributed by atoms with Crippen molar-refractivity contribution in [1.29, 1.82) is 0 Å². The maximum Gasteiger partial charge on any atom is 0.219 e. The van der Waals surface area contributed by atoms with Gasteiger partial charge in [0.05, 0.1) is 6.61 Å². The van der Waals surface area contributed by atoms with Crippen LogP contribution in [-0.4, -0.2) is 25.6 Å². The van der Waals surface area contributed by atoms with Crippen LogP contribution in [0.1, 0.15) is 31.2 Å². The summed E-state index contributed by atoms with van der Waals surface area (Å²) in [5.74, 6) is 0.220. The first-order valence-electron chi connectivity index (χ1n) is 7.03. The summed E-state index contributed by atoms with van der Waals surface area (Å²) in [6.45, 7) is 1.07. The number of nitrogens with one attached hydrogen (secondary N) is 2. The van der Waals surface area contributed by atoms with Crippen molar-refractivity contribution in [2.75, 3.05) is 13.7 Å². The van der Waals surface area contributed by atoms with Crippen molar-refractivity contribution in [2.45, 2.75) is 38.3 Å². The Morgan fingerprint density at radius 2 is 2.20 bits per heavy atom. The van der Waals surface area contributed by atoms with Crippen molar-refractivity contribution in [2.24, 2.45) is 0 Å². The van der Waals surface area contributed by atoms with E-state index >= 15 is 0 Å². The van der Waals surface area contributed by atoms with Crippen molar-refractivity contribution >= 4 is 5.91 Å². The number of hydrogen-bond acceptors (Lipinski definition) is 3. The summed E-state index contributed by atoms with van der Waals surface area (Å²) < 4.78 is 19.0. The molecule has 0 radical (unpaired) electrons. The summed E-state index contributed by atoms with van der Waals surface area (Å²) in [5.41, 5.74) is 0.887. The highest BCUT2D eigenvalue weighted by molar-refractivity contribution is 5.75. The van der Waals surface area contributed by atoms with Crippen LogP contribution in [-0.2, 0) is 11.3 Å². The topological polar surface area (TPSA) is 50.4 Å². The number of benzene rings is 1. The molecule has 0 heterocycles. The lowest BCUT2D eigenvalue weighted by Gasteiger charge is -2.09. The van der Waals surface area contributed by atoms with Gasteiger partial charge >= 0.3 is 0 Å². The highest BCUT2D eigenvalue weighted by atomic mass is 19.1. The van der Waals surface area contributed by atoms with Crippen molar-refractivity contribution in [1.82, 2.24) is 10.6 Å².